The Labute approximate surface area is 92.5 Å². The van der Waals surface area contributed by atoms with Crippen LogP contribution in [0.2, 0.25) is 0 Å². The first-order chi connectivity index (χ1) is 7.36. The largest absolute Gasteiger partial charge is 0.383 e. The molecular formula is C11H23N3O. The summed E-state index contributed by atoms with van der Waals surface area (Å²) in [6.45, 7) is 5.45. The Bertz CT molecular complexity index is 190. The summed E-state index contributed by atoms with van der Waals surface area (Å²) in [5.41, 5.74) is 0. The molecule has 0 amide bonds. The summed E-state index contributed by atoms with van der Waals surface area (Å²) in [6, 6.07) is 0. The van der Waals surface area contributed by atoms with Crippen LogP contribution in [0.4, 0.5) is 0 Å². The first-order valence-corrected chi connectivity index (χ1v) is 5.88. The van der Waals surface area contributed by atoms with E-state index in [9.17, 15) is 0 Å². The summed E-state index contributed by atoms with van der Waals surface area (Å²) in [5.74, 6) is 1.87. The summed E-state index contributed by atoms with van der Waals surface area (Å²) in [5, 5.41) is 6.45. The topological polar surface area (TPSA) is 45.7 Å². The maximum atomic E-state index is 4.98. The normalized spacial score (nSPS) is 16.5. The van der Waals surface area contributed by atoms with E-state index in [2.05, 4.69) is 22.5 Å². The van der Waals surface area contributed by atoms with E-state index in [1.165, 1.54) is 19.3 Å². The zero-order chi connectivity index (χ0) is 10.9. The van der Waals surface area contributed by atoms with Crippen LogP contribution in [0, 0.1) is 5.92 Å². The lowest BCUT2D eigenvalue weighted by Crippen LogP contribution is -2.39. The molecule has 0 radical (unpaired) electrons. The number of ether oxygens (including phenoxy) is 1. The Morgan fingerprint density at radius 2 is 2.20 bits per heavy atom. The van der Waals surface area contributed by atoms with Gasteiger partial charge in [-0.3, -0.25) is 4.99 Å². The van der Waals surface area contributed by atoms with Gasteiger partial charge in [-0.15, -0.1) is 0 Å². The van der Waals surface area contributed by atoms with Gasteiger partial charge < -0.3 is 15.4 Å². The molecule has 0 atom stereocenters. The molecule has 0 aromatic carbocycles. The fourth-order valence-corrected chi connectivity index (χ4v) is 1.38. The van der Waals surface area contributed by atoms with Crippen LogP contribution < -0.4 is 10.6 Å². The Hall–Kier alpha value is -0.770. The second-order valence-corrected chi connectivity index (χ2v) is 3.91. The summed E-state index contributed by atoms with van der Waals surface area (Å²) in [4.78, 5) is 4.50. The molecule has 4 nitrogen and oxygen atoms in total. The van der Waals surface area contributed by atoms with Gasteiger partial charge in [0.25, 0.3) is 0 Å². The molecule has 0 aliphatic heterocycles. The van der Waals surface area contributed by atoms with E-state index in [-0.39, 0.29) is 0 Å². The van der Waals surface area contributed by atoms with Crippen LogP contribution in [0.1, 0.15) is 26.2 Å². The van der Waals surface area contributed by atoms with Gasteiger partial charge in [0.05, 0.1) is 6.61 Å². The zero-order valence-electron chi connectivity index (χ0n) is 9.88. The van der Waals surface area contributed by atoms with Crippen molar-refractivity contribution in [3.63, 3.8) is 0 Å². The van der Waals surface area contributed by atoms with Gasteiger partial charge in [-0.25, -0.2) is 0 Å². The van der Waals surface area contributed by atoms with Gasteiger partial charge in [-0.2, -0.15) is 0 Å². The Kier molecular flexibility index (Phi) is 6.16. The van der Waals surface area contributed by atoms with Crippen molar-refractivity contribution in [3.05, 3.63) is 0 Å². The third-order valence-electron chi connectivity index (χ3n) is 2.45. The molecule has 1 aliphatic rings. The van der Waals surface area contributed by atoms with Crippen LogP contribution in [0.3, 0.4) is 0 Å². The van der Waals surface area contributed by atoms with Gasteiger partial charge >= 0.3 is 0 Å². The Morgan fingerprint density at radius 1 is 1.40 bits per heavy atom. The van der Waals surface area contributed by atoms with Crippen molar-refractivity contribution in [1.82, 2.24) is 10.6 Å². The van der Waals surface area contributed by atoms with Crippen molar-refractivity contribution in [2.45, 2.75) is 26.2 Å². The number of rotatable bonds is 7. The molecular weight excluding hydrogens is 190 g/mol. The number of methoxy groups -OCH3 is 1. The zero-order valence-corrected chi connectivity index (χ0v) is 9.88. The van der Waals surface area contributed by atoms with Crippen LogP contribution in [-0.2, 0) is 4.74 Å². The van der Waals surface area contributed by atoms with Gasteiger partial charge in [0, 0.05) is 26.7 Å². The van der Waals surface area contributed by atoms with Crippen molar-refractivity contribution in [1.29, 1.82) is 0 Å². The lowest BCUT2D eigenvalue weighted by molar-refractivity contribution is 0.203. The van der Waals surface area contributed by atoms with Gasteiger partial charge in [0.2, 0.25) is 0 Å². The molecule has 1 rings (SSSR count). The van der Waals surface area contributed by atoms with Crippen molar-refractivity contribution in [2.75, 3.05) is 33.4 Å². The molecule has 15 heavy (non-hydrogen) atoms. The minimum atomic E-state index is 0.715. The number of hydrogen-bond donors (Lipinski definition) is 2. The molecule has 0 bridgehead atoms. The quantitative estimate of drug-likeness (QED) is 0.376. The minimum Gasteiger partial charge on any atom is -0.383 e. The van der Waals surface area contributed by atoms with E-state index in [1.807, 2.05) is 0 Å². The van der Waals surface area contributed by atoms with Crippen LogP contribution in [0.25, 0.3) is 0 Å². The average Bonchev–Trinajstić information content (AvgIpc) is 3.02. The van der Waals surface area contributed by atoms with E-state index < -0.39 is 0 Å². The van der Waals surface area contributed by atoms with E-state index >= 15 is 0 Å². The van der Waals surface area contributed by atoms with Crippen LogP contribution >= 0.6 is 0 Å². The molecule has 2 N–H and O–H groups in total. The number of nitrogens with one attached hydrogen (secondary N) is 2. The summed E-state index contributed by atoms with van der Waals surface area (Å²) in [7, 11) is 1.71. The van der Waals surface area contributed by atoms with Gasteiger partial charge in [0.1, 0.15) is 0 Å². The van der Waals surface area contributed by atoms with E-state index in [0.29, 0.717) is 6.61 Å². The molecule has 0 spiro atoms. The third-order valence-corrected chi connectivity index (χ3v) is 2.45. The molecule has 0 saturated heterocycles. The summed E-state index contributed by atoms with van der Waals surface area (Å²) in [6.07, 6.45) is 4.05. The van der Waals surface area contributed by atoms with Crippen LogP contribution in [0.5, 0.6) is 0 Å². The Balaban J connectivity index is 2.13. The molecule has 88 valence electrons. The first-order valence-electron chi connectivity index (χ1n) is 5.88. The number of aliphatic imine (C=N–C) groups is 1. The van der Waals surface area contributed by atoms with E-state index in [1.54, 1.807) is 7.11 Å². The highest BCUT2D eigenvalue weighted by atomic mass is 16.5. The monoisotopic (exact) mass is 213 g/mol. The lowest BCUT2D eigenvalue weighted by Gasteiger charge is -2.10. The van der Waals surface area contributed by atoms with Crippen LogP contribution in [0.15, 0.2) is 4.99 Å². The highest BCUT2D eigenvalue weighted by molar-refractivity contribution is 5.79. The maximum absolute atomic E-state index is 4.98. The minimum absolute atomic E-state index is 0.715. The van der Waals surface area contributed by atoms with Gasteiger partial charge in [0.15, 0.2) is 5.96 Å². The van der Waals surface area contributed by atoms with Crippen LogP contribution in [-0.4, -0.2) is 39.3 Å². The average molecular weight is 213 g/mol. The predicted octanol–water partition coefficient (Wildman–Crippen LogP) is 0.988. The molecule has 0 aromatic rings. The predicted molar refractivity (Wildman–Crippen MR) is 63.2 cm³/mol. The standard InChI is InChI=1S/C11H23N3O/c1-3-12-11(14-8-9-15-2)13-7-6-10-4-5-10/h10H,3-9H2,1-2H3,(H2,12,13,14). The van der Waals surface area contributed by atoms with E-state index in [0.717, 1.165) is 31.5 Å². The molecule has 1 saturated carbocycles. The van der Waals surface area contributed by atoms with Gasteiger partial charge in [-0.1, -0.05) is 12.8 Å². The third kappa shape index (κ3) is 6.33. The number of guanidine groups is 1. The first kappa shape index (κ1) is 12.3. The number of hydrogen-bond acceptors (Lipinski definition) is 2. The molecule has 4 heteroatoms. The maximum Gasteiger partial charge on any atom is 0.191 e. The fraction of sp³-hybridized carbons (Fsp3) is 0.909. The van der Waals surface area contributed by atoms with Crippen molar-refractivity contribution in [2.24, 2.45) is 10.9 Å². The molecule has 0 heterocycles. The molecule has 1 fully saturated rings. The molecule has 0 aromatic heterocycles. The van der Waals surface area contributed by atoms with Gasteiger partial charge in [-0.05, 0) is 19.3 Å². The second-order valence-electron chi connectivity index (χ2n) is 3.91. The SMILES string of the molecule is CCNC(=NCCC1CC1)NCCOC. The Morgan fingerprint density at radius 3 is 2.80 bits per heavy atom. The highest BCUT2D eigenvalue weighted by Crippen LogP contribution is 2.31. The fourth-order valence-electron chi connectivity index (χ4n) is 1.38. The molecule has 1 aliphatic carbocycles. The van der Waals surface area contributed by atoms with E-state index in [4.69, 9.17) is 4.74 Å². The van der Waals surface area contributed by atoms with Crippen molar-refractivity contribution >= 4 is 5.96 Å². The smallest absolute Gasteiger partial charge is 0.191 e. The summed E-state index contributed by atoms with van der Waals surface area (Å²) < 4.78 is 4.98. The number of nitrogens with zero attached hydrogens (tertiary/aromatic N) is 1. The van der Waals surface area contributed by atoms with Crippen molar-refractivity contribution < 1.29 is 4.74 Å². The second kappa shape index (κ2) is 7.51. The van der Waals surface area contributed by atoms with Crippen molar-refractivity contribution in [3.8, 4) is 0 Å². The highest BCUT2D eigenvalue weighted by Gasteiger charge is 2.20. The molecule has 0 unspecified atom stereocenters. The summed E-state index contributed by atoms with van der Waals surface area (Å²) >= 11 is 0. The lowest BCUT2D eigenvalue weighted by atomic mass is 10.3.